The molecule has 0 bridgehead atoms. The van der Waals surface area contributed by atoms with Crippen LogP contribution in [0.25, 0.3) is 138 Å². The van der Waals surface area contributed by atoms with Gasteiger partial charge in [-0.25, -0.2) is 0 Å². The third kappa shape index (κ3) is 7.12. The Morgan fingerprint density at radius 1 is 0.316 bits per heavy atom. The molecule has 0 atom stereocenters. The van der Waals surface area contributed by atoms with E-state index in [9.17, 15) is 0 Å². The van der Waals surface area contributed by atoms with Gasteiger partial charge in [-0.2, -0.15) is 21.0 Å². The van der Waals surface area contributed by atoms with E-state index in [1.807, 2.05) is 0 Å². The van der Waals surface area contributed by atoms with Gasteiger partial charge in [0.15, 0.2) is 0 Å². The molecule has 0 saturated carbocycles. The van der Waals surface area contributed by atoms with Crippen LogP contribution in [0.3, 0.4) is 0 Å². The van der Waals surface area contributed by atoms with E-state index in [1.165, 1.54) is 202 Å². The fraction of sp³-hybridized carbons (Fsp3) is 0.235. The van der Waals surface area contributed by atoms with Crippen LogP contribution < -0.4 is 10.4 Å². The Labute approximate surface area is 456 Å². The zero-order valence-corrected chi connectivity index (χ0v) is 46.4. The van der Waals surface area contributed by atoms with Crippen molar-refractivity contribution >= 4 is 183 Å². The molecule has 0 spiro atoms. The lowest BCUT2D eigenvalue weighted by Crippen LogP contribution is -2.11. The number of nitrogens with zero attached hydrogens (tertiary/aromatic N) is 4. The third-order valence-electron chi connectivity index (χ3n) is 16.1. The van der Waals surface area contributed by atoms with Gasteiger partial charge in [0.05, 0.1) is 0 Å². The number of benzene rings is 10. The maximum atomic E-state index is 8.63. The predicted molar refractivity (Wildman–Crippen MR) is 331 cm³/mol. The van der Waals surface area contributed by atoms with Gasteiger partial charge in [-0.1, -0.05) is 126 Å². The van der Waals surface area contributed by atoms with Crippen molar-refractivity contribution in [2.24, 2.45) is 0 Å². The minimum absolute atomic E-state index is 0.00187. The van der Waals surface area contributed by atoms with Crippen LogP contribution >= 0.6 is 45.3 Å². The first kappa shape index (κ1) is 48.3. The van der Waals surface area contributed by atoms with Crippen LogP contribution in [0.15, 0.2) is 97.1 Å². The first-order chi connectivity index (χ1) is 37.4. The lowest BCUT2D eigenvalue weighted by atomic mass is 9.77. The molecule has 368 valence electrons. The lowest BCUT2D eigenvalue weighted by molar-refractivity contribution is 0.804. The third-order valence-corrected chi connectivity index (χ3v) is 20.9. The fourth-order valence-electron chi connectivity index (χ4n) is 12.7. The van der Waals surface area contributed by atoms with Gasteiger partial charge in [-0.15, -0.1) is 45.3 Å². The minimum atomic E-state index is 0.00187. The highest BCUT2D eigenvalue weighted by molar-refractivity contribution is 7.24. The fourth-order valence-corrected chi connectivity index (χ4v) is 17.8. The average Bonchev–Trinajstić information content (AvgIpc) is 4.36. The molecule has 8 heteroatoms. The molecule has 14 rings (SSSR count). The van der Waals surface area contributed by atoms with E-state index in [0.717, 1.165) is 25.7 Å². The number of rotatable bonds is 12. The Bertz CT molecular complexity index is 4380. The van der Waals surface area contributed by atoms with E-state index in [4.69, 9.17) is 21.0 Å². The molecule has 0 aliphatic carbocycles. The van der Waals surface area contributed by atoms with Crippen molar-refractivity contribution in [1.82, 2.24) is 0 Å². The van der Waals surface area contributed by atoms with Gasteiger partial charge in [0.25, 0.3) is 0 Å². The van der Waals surface area contributed by atoms with Crippen molar-refractivity contribution in [2.75, 3.05) is 0 Å². The van der Waals surface area contributed by atoms with Crippen molar-refractivity contribution < 1.29 is 0 Å². The summed E-state index contributed by atoms with van der Waals surface area (Å²) in [6.45, 7) is 9.36. The monoisotopic (exact) mass is 1050 g/mol. The number of aryl methyl sites for hydroxylation is 4. The molecule has 4 heterocycles. The van der Waals surface area contributed by atoms with Crippen LogP contribution in [0.2, 0.25) is 0 Å². The Hall–Kier alpha value is -7.40. The van der Waals surface area contributed by atoms with Gasteiger partial charge >= 0.3 is 0 Å². The SMILES string of the molecule is CCCCc1cc2c(s1)c1c3sc(CCCC)cc3c3c4ccccc4c4c5cc(CCCC)sc5c5c6sc(CCCC)cc6c6c7ccccc7c2c2c6c5c4c3c12.N#CC(C#N)=c1ccc(=C(C#N)C#N)cc1. The molecule has 0 aliphatic rings. The summed E-state index contributed by atoms with van der Waals surface area (Å²) in [6, 6.07) is 42.9. The molecule has 0 unspecified atom stereocenters. The minimum Gasteiger partial charge on any atom is -0.192 e. The van der Waals surface area contributed by atoms with Crippen LogP contribution in [-0.4, -0.2) is 0 Å². The number of unbranched alkanes of at least 4 members (excludes halogenated alkanes) is 4. The quantitative estimate of drug-likeness (QED) is 0.0899. The van der Waals surface area contributed by atoms with Gasteiger partial charge < -0.3 is 0 Å². The Morgan fingerprint density at radius 3 is 0.776 bits per heavy atom. The van der Waals surface area contributed by atoms with Crippen LogP contribution in [0, 0.1) is 45.3 Å². The van der Waals surface area contributed by atoms with E-state index < -0.39 is 0 Å². The Morgan fingerprint density at radius 2 is 0.553 bits per heavy atom. The highest BCUT2D eigenvalue weighted by atomic mass is 32.1. The summed E-state index contributed by atoms with van der Waals surface area (Å²) in [4.78, 5) is 6.17. The van der Waals surface area contributed by atoms with E-state index in [2.05, 4.69) is 146 Å². The summed E-state index contributed by atoms with van der Waals surface area (Å²) in [5, 5.41) is 65.4. The predicted octanol–water partition coefficient (Wildman–Crippen LogP) is 19.5. The van der Waals surface area contributed by atoms with E-state index in [1.54, 1.807) is 43.8 Å². The molecule has 0 N–H and O–H groups in total. The first-order valence-corrected chi connectivity index (χ1v) is 30.3. The maximum absolute atomic E-state index is 8.63. The van der Waals surface area contributed by atoms with Gasteiger partial charge in [0, 0.05) is 113 Å². The molecule has 0 saturated heterocycles. The number of fused-ring (bicyclic) bond motifs is 18. The standard InChI is InChI=1S/C56H48S4.C12H4N4/c1-5-9-17-29-25-37-41-33-21-13-14-22-34(33)42-39-27-31(19-11-7-3)59-55(39)52-50-46(42)45(41)49-47-43(38-26-30(18-10-6-2)58-54(38)51(49)53(37)57-29)35-23-15-16-24-36(35)44(48(47)50)40-28-32(20-12-8-4)60-56(40)52;13-5-11(6-14)9-1-2-10(4-3-9)12(7-15)8-16/h13-16,21-28H,5-12,17-20H2,1-4H3;1-4H. The van der Waals surface area contributed by atoms with Gasteiger partial charge in [-0.05, 0) is 119 Å². The zero-order valence-electron chi connectivity index (χ0n) is 43.1. The van der Waals surface area contributed by atoms with Gasteiger partial charge in [0.2, 0.25) is 0 Å². The molecule has 76 heavy (non-hydrogen) atoms. The van der Waals surface area contributed by atoms with Crippen LogP contribution in [0.1, 0.15) is 98.6 Å². The second kappa shape index (κ2) is 19.3. The van der Waals surface area contributed by atoms with Crippen molar-refractivity contribution in [2.45, 2.75) is 105 Å². The normalized spacial score (nSPS) is 12.0. The number of hydrogen-bond donors (Lipinski definition) is 0. The molecule has 0 amide bonds. The maximum Gasteiger partial charge on any atom is 0.136 e. The summed E-state index contributed by atoms with van der Waals surface area (Å²) in [6.07, 6.45) is 14.4. The Kier molecular flexibility index (Phi) is 12.3. The molecule has 0 fully saturated rings. The van der Waals surface area contributed by atoms with Crippen molar-refractivity contribution in [3.05, 3.63) is 127 Å². The van der Waals surface area contributed by atoms with Crippen LogP contribution in [0.5, 0.6) is 0 Å². The first-order valence-electron chi connectivity index (χ1n) is 27.1. The highest BCUT2D eigenvalue weighted by Crippen LogP contribution is 2.62. The van der Waals surface area contributed by atoms with E-state index in [0.29, 0.717) is 10.4 Å². The average molecular weight is 1050 g/mol. The molecular weight excluding hydrogens is 1000 g/mol. The summed E-state index contributed by atoms with van der Waals surface area (Å²) < 4.78 is 6.06. The van der Waals surface area contributed by atoms with Gasteiger partial charge in [-0.3, -0.25) is 0 Å². The second-order valence-corrected chi connectivity index (χ2v) is 25.1. The van der Waals surface area contributed by atoms with E-state index >= 15 is 0 Å². The number of nitriles is 4. The van der Waals surface area contributed by atoms with E-state index in [-0.39, 0.29) is 11.1 Å². The topological polar surface area (TPSA) is 95.2 Å². The zero-order chi connectivity index (χ0) is 51.9. The molecule has 0 aliphatic heterocycles. The highest BCUT2D eigenvalue weighted by Gasteiger charge is 2.32. The summed E-state index contributed by atoms with van der Waals surface area (Å²) in [7, 11) is 0. The molecule has 0 radical (unpaired) electrons. The summed E-state index contributed by atoms with van der Waals surface area (Å²) in [5.41, 5.74) is 0.00373. The van der Waals surface area contributed by atoms with Crippen molar-refractivity contribution in [3.63, 3.8) is 0 Å². The summed E-state index contributed by atoms with van der Waals surface area (Å²) >= 11 is 8.44. The lowest BCUT2D eigenvalue weighted by Gasteiger charge is -2.26. The smallest absolute Gasteiger partial charge is 0.136 e. The van der Waals surface area contributed by atoms with Crippen LogP contribution in [0.4, 0.5) is 0 Å². The molecule has 10 aromatic carbocycles. The molecular formula is C68H52N4S4. The molecule has 4 nitrogen and oxygen atoms in total. The second-order valence-electron chi connectivity index (χ2n) is 20.6. The largest absolute Gasteiger partial charge is 0.192 e. The summed E-state index contributed by atoms with van der Waals surface area (Å²) in [5.74, 6) is 0. The number of hydrogen-bond acceptors (Lipinski definition) is 8. The molecule has 14 aromatic rings. The molecule has 4 aromatic heterocycles. The van der Waals surface area contributed by atoms with Gasteiger partial charge in [0.1, 0.15) is 35.4 Å². The van der Waals surface area contributed by atoms with Crippen molar-refractivity contribution in [3.8, 4) is 24.3 Å². The number of thiophene rings is 4. The van der Waals surface area contributed by atoms with Crippen molar-refractivity contribution in [1.29, 1.82) is 21.0 Å². The Balaban J connectivity index is 0.000000300. The van der Waals surface area contributed by atoms with Crippen LogP contribution in [-0.2, 0) is 25.7 Å².